The highest BCUT2D eigenvalue weighted by atomic mass is 32.1. The number of urea groups is 1. The van der Waals surface area contributed by atoms with Crippen molar-refractivity contribution in [3.63, 3.8) is 0 Å². The lowest BCUT2D eigenvalue weighted by Crippen LogP contribution is -2.30. The van der Waals surface area contributed by atoms with Gasteiger partial charge in [0.1, 0.15) is 11.3 Å². The number of methoxy groups -OCH3 is 1. The van der Waals surface area contributed by atoms with Crippen LogP contribution in [0.15, 0.2) is 72.8 Å². The second-order valence-electron chi connectivity index (χ2n) is 6.49. The molecule has 0 saturated heterocycles. The lowest BCUT2D eigenvalue weighted by molar-refractivity contribution is 0.252. The molecule has 0 atom stereocenters. The van der Waals surface area contributed by atoms with Crippen molar-refractivity contribution < 1.29 is 9.53 Å². The van der Waals surface area contributed by atoms with Gasteiger partial charge in [0.2, 0.25) is 0 Å². The van der Waals surface area contributed by atoms with Crippen LogP contribution in [0.1, 0.15) is 5.56 Å². The Morgan fingerprint density at radius 3 is 2.45 bits per heavy atom. The minimum atomic E-state index is -0.264. The highest BCUT2D eigenvalue weighted by Gasteiger charge is 2.15. The summed E-state index contributed by atoms with van der Waals surface area (Å²) < 4.78 is 6.45. The van der Waals surface area contributed by atoms with Crippen LogP contribution in [0.4, 0.5) is 9.93 Å². The molecule has 0 spiro atoms. The van der Waals surface area contributed by atoms with Crippen LogP contribution in [-0.2, 0) is 6.42 Å². The average molecular weight is 404 g/mol. The van der Waals surface area contributed by atoms with Crippen molar-refractivity contribution in [3.8, 4) is 16.9 Å². The zero-order chi connectivity index (χ0) is 20.1. The van der Waals surface area contributed by atoms with Gasteiger partial charge in [-0.3, -0.25) is 5.32 Å². The van der Waals surface area contributed by atoms with Crippen LogP contribution < -0.4 is 15.4 Å². The molecule has 146 valence electrons. The van der Waals surface area contributed by atoms with E-state index in [0.29, 0.717) is 17.4 Å². The number of thiazole rings is 1. The standard InChI is InChI=1S/C23H21N3O2S/c1-28-19-13-12-18(17-10-6-3-7-11-17)21-20(19)25-23(29-21)26-22(27)24-15-14-16-8-4-2-5-9-16/h2-13H,14-15H2,1H3,(H2,24,25,26,27). The molecule has 0 aliphatic carbocycles. The quantitative estimate of drug-likeness (QED) is 0.457. The van der Waals surface area contributed by atoms with Gasteiger partial charge in [0.25, 0.3) is 0 Å². The van der Waals surface area contributed by atoms with Gasteiger partial charge in [-0.1, -0.05) is 72.0 Å². The van der Waals surface area contributed by atoms with Crippen molar-refractivity contribution in [2.75, 3.05) is 19.0 Å². The van der Waals surface area contributed by atoms with E-state index < -0.39 is 0 Å². The molecule has 0 saturated carbocycles. The fourth-order valence-corrected chi connectivity index (χ4v) is 4.17. The number of rotatable bonds is 6. The van der Waals surface area contributed by atoms with E-state index in [0.717, 1.165) is 27.8 Å². The number of ether oxygens (including phenoxy) is 1. The first-order valence-corrected chi connectivity index (χ1v) is 10.2. The first kappa shape index (κ1) is 19.0. The topological polar surface area (TPSA) is 63.2 Å². The van der Waals surface area contributed by atoms with Gasteiger partial charge in [0, 0.05) is 12.1 Å². The molecule has 0 aliphatic rings. The largest absolute Gasteiger partial charge is 0.494 e. The molecule has 2 N–H and O–H groups in total. The molecule has 29 heavy (non-hydrogen) atoms. The van der Waals surface area contributed by atoms with Gasteiger partial charge in [0.15, 0.2) is 5.13 Å². The highest BCUT2D eigenvalue weighted by molar-refractivity contribution is 7.23. The van der Waals surface area contributed by atoms with Gasteiger partial charge in [-0.15, -0.1) is 0 Å². The smallest absolute Gasteiger partial charge is 0.321 e. The summed E-state index contributed by atoms with van der Waals surface area (Å²) in [6.45, 7) is 0.555. The maximum Gasteiger partial charge on any atom is 0.321 e. The molecule has 0 fully saturated rings. The lowest BCUT2D eigenvalue weighted by Gasteiger charge is -2.05. The Labute approximate surface area is 173 Å². The van der Waals surface area contributed by atoms with E-state index >= 15 is 0 Å². The number of benzene rings is 3. The number of carbonyl (C=O) groups excluding carboxylic acids is 1. The Morgan fingerprint density at radius 1 is 1.00 bits per heavy atom. The van der Waals surface area contributed by atoms with Gasteiger partial charge >= 0.3 is 6.03 Å². The molecule has 4 aromatic rings. The normalized spacial score (nSPS) is 10.7. The van der Waals surface area contributed by atoms with Gasteiger partial charge in [-0.05, 0) is 29.7 Å². The minimum absolute atomic E-state index is 0.264. The van der Waals surface area contributed by atoms with Crippen LogP contribution in [0.25, 0.3) is 21.3 Å². The Kier molecular flexibility index (Phi) is 5.72. The monoisotopic (exact) mass is 403 g/mol. The van der Waals surface area contributed by atoms with Gasteiger partial charge in [-0.25, -0.2) is 9.78 Å². The molecule has 0 radical (unpaired) electrons. The van der Waals surface area contributed by atoms with Crippen LogP contribution in [-0.4, -0.2) is 24.7 Å². The predicted molar refractivity (Wildman–Crippen MR) is 119 cm³/mol. The Bertz CT molecular complexity index is 1110. The first-order valence-electron chi connectivity index (χ1n) is 9.36. The predicted octanol–water partition coefficient (Wildman–Crippen LogP) is 5.34. The van der Waals surface area contributed by atoms with Gasteiger partial charge in [-0.2, -0.15) is 0 Å². The molecule has 1 heterocycles. The van der Waals surface area contributed by atoms with E-state index in [9.17, 15) is 4.79 Å². The number of carbonyl (C=O) groups is 1. The van der Waals surface area contributed by atoms with Crippen LogP contribution in [0.5, 0.6) is 5.75 Å². The number of hydrogen-bond donors (Lipinski definition) is 2. The number of aromatic nitrogens is 1. The second-order valence-corrected chi connectivity index (χ2v) is 7.49. The zero-order valence-electron chi connectivity index (χ0n) is 16.0. The zero-order valence-corrected chi connectivity index (χ0v) is 16.8. The van der Waals surface area contributed by atoms with Crippen molar-refractivity contribution in [2.45, 2.75) is 6.42 Å². The van der Waals surface area contributed by atoms with Crippen molar-refractivity contribution in [1.29, 1.82) is 0 Å². The summed E-state index contributed by atoms with van der Waals surface area (Å²) in [5, 5.41) is 6.27. The highest BCUT2D eigenvalue weighted by Crippen LogP contribution is 2.39. The van der Waals surface area contributed by atoms with Gasteiger partial charge < -0.3 is 10.1 Å². The third kappa shape index (κ3) is 4.38. The summed E-state index contributed by atoms with van der Waals surface area (Å²) in [5.41, 5.74) is 4.10. The van der Waals surface area contributed by atoms with Crippen molar-refractivity contribution in [2.24, 2.45) is 0 Å². The number of anilines is 1. The molecule has 2 amide bonds. The number of nitrogens with zero attached hydrogens (tertiary/aromatic N) is 1. The van der Waals surface area contributed by atoms with E-state index in [1.807, 2.05) is 60.7 Å². The van der Waals surface area contributed by atoms with E-state index in [1.54, 1.807) is 7.11 Å². The van der Waals surface area contributed by atoms with E-state index in [-0.39, 0.29) is 6.03 Å². The molecular formula is C23H21N3O2S. The van der Waals surface area contributed by atoms with Crippen LogP contribution in [0, 0.1) is 0 Å². The Hall–Kier alpha value is -3.38. The molecule has 1 aromatic heterocycles. The van der Waals surface area contributed by atoms with Crippen LogP contribution in [0.2, 0.25) is 0 Å². The fraction of sp³-hybridized carbons (Fsp3) is 0.130. The molecule has 0 unspecified atom stereocenters. The molecule has 5 nitrogen and oxygen atoms in total. The molecule has 0 bridgehead atoms. The maximum absolute atomic E-state index is 12.3. The summed E-state index contributed by atoms with van der Waals surface area (Å²) >= 11 is 1.44. The second kappa shape index (κ2) is 8.75. The summed E-state index contributed by atoms with van der Waals surface area (Å²) in [7, 11) is 1.62. The molecule has 3 aromatic carbocycles. The van der Waals surface area contributed by atoms with E-state index in [4.69, 9.17) is 4.74 Å². The van der Waals surface area contributed by atoms with E-state index in [2.05, 4.69) is 27.8 Å². The molecule has 4 rings (SSSR count). The Balaban J connectivity index is 1.51. The van der Waals surface area contributed by atoms with Gasteiger partial charge in [0.05, 0.1) is 11.8 Å². The maximum atomic E-state index is 12.3. The molecule has 0 aliphatic heterocycles. The third-order valence-electron chi connectivity index (χ3n) is 4.57. The number of fused-ring (bicyclic) bond motifs is 1. The summed E-state index contributed by atoms with van der Waals surface area (Å²) in [5.74, 6) is 0.688. The summed E-state index contributed by atoms with van der Waals surface area (Å²) in [6.07, 6.45) is 0.778. The van der Waals surface area contributed by atoms with Crippen LogP contribution in [0.3, 0.4) is 0 Å². The molecule has 6 heteroatoms. The third-order valence-corrected chi connectivity index (χ3v) is 5.58. The lowest BCUT2D eigenvalue weighted by atomic mass is 10.1. The minimum Gasteiger partial charge on any atom is -0.494 e. The molecular weight excluding hydrogens is 382 g/mol. The average Bonchev–Trinajstić information content (AvgIpc) is 3.18. The number of nitrogens with one attached hydrogen (secondary N) is 2. The van der Waals surface area contributed by atoms with Crippen molar-refractivity contribution in [3.05, 3.63) is 78.4 Å². The van der Waals surface area contributed by atoms with E-state index in [1.165, 1.54) is 16.9 Å². The fourth-order valence-electron chi connectivity index (χ4n) is 3.15. The van der Waals surface area contributed by atoms with Crippen molar-refractivity contribution >= 4 is 32.7 Å². The summed E-state index contributed by atoms with van der Waals surface area (Å²) in [4.78, 5) is 16.9. The first-order chi connectivity index (χ1) is 14.2. The number of hydrogen-bond acceptors (Lipinski definition) is 4. The van der Waals surface area contributed by atoms with Crippen molar-refractivity contribution in [1.82, 2.24) is 10.3 Å². The SMILES string of the molecule is COc1ccc(-c2ccccc2)c2sc(NC(=O)NCCc3ccccc3)nc12. The number of amides is 2. The van der Waals surface area contributed by atoms with Crippen LogP contribution >= 0.6 is 11.3 Å². The summed E-state index contributed by atoms with van der Waals surface area (Å²) in [6, 6.07) is 23.9. The Morgan fingerprint density at radius 2 is 1.72 bits per heavy atom.